The maximum Gasteiger partial charge on any atom is 0.423 e. The summed E-state index contributed by atoms with van der Waals surface area (Å²) < 4.78 is 36.9. The number of hydrogen-bond donors (Lipinski definition) is 4. The van der Waals surface area contributed by atoms with E-state index in [0.29, 0.717) is 0 Å². The molecule has 0 atom stereocenters. The average Bonchev–Trinajstić information content (AvgIpc) is 2.25. The lowest BCUT2D eigenvalue weighted by Crippen LogP contribution is -2.06. The van der Waals surface area contributed by atoms with Gasteiger partial charge in [0, 0.05) is 5.56 Å². The molecule has 0 unspecified atom stereocenters. The summed E-state index contributed by atoms with van der Waals surface area (Å²) >= 11 is 0. The van der Waals surface area contributed by atoms with E-state index in [0.717, 1.165) is 6.92 Å². The summed E-state index contributed by atoms with van der Waals surface area (Å²) in [5.41, 5.74) is -2.33. The summed E-state index contributed by atoms with van der Waals surface area (Å²) in [7, 11) is 0. The Morgan fingerprint density at radius 1 is 0.765 bits per heavy atom. The van der Waals surface area contributed by atoms with Crippen LogP contribution in [0.25, 0.3) is 0 Å². The molecule has 7 heteroatoms. The van der Waals surface area contributed by atoms with Crippen molar-refractivity contribution in [3.8, 4) is 23.0 Å². The molecule has 0 fully saturated rings. The predicted octanol–water partition coefficient (Wildman–Crippen LogP) is 2.86. The SMILES string of the molecule is CC.Cc1c(O)c(O)c(O)c(C(F)(F)F)c1O. The van der Waals surface area contributed by atoms with Gasteiger partial charge in [0.05, 0.1) is 0 Å². The van der Waals surface area contributed by atoms with Gasteiger partial charge in [0.15, 0.2) is 11.5 Å². The van der Waals surface area contributed by atoms with Gasteiger partial charge in [0.1, 0.15) is 11.3 Å². The number of phenols is 4. The van der Waals surface area contributed by atoms with Gasteiger partial charge in [-0.05, 0) is 6.92 Å². The fourth-order valence-corrected chi connectivity index (χ4v) is 1.09. The maximum absolute atomic E-state index is 12.3. The molecule has 0 radical (unpaired) electrons. The normalized spacial score (nSPS) is 10.7. The molecule has 17 heavy (non-hydrogen) atoms. The van der Waals surface area contributed by atoms with Crippen LogP contribution in [0.3, 0.4) is 0 Å². The Balaban J connectivity index is 0.00000121. The average molecular weight is 254 g/mol. The fourth-order valence-electron chi connectivity index (χ4n) is 1.09. The summed E-state index contributed by atoms with van der Waals surface area (Å²) in [6, 6.07) is 0. The highest BCUT2D eigenvalue weighted by atomic mass is 19.4. The molecule has 0 bridgehead atoms. The van der Waals surface area contributed by atoms with E-state index in [1.54, 1.807) is 0 Å². The molecule has 1 aromatic rings. The molecule has 1 rings (SSSR count). The van der Waals surface area contributed by atoms with E-state index in [-0.39, 0.29) is 0 Å². The lowest BCUT2D eigenvalue weighted by molar-refractivity contribution is -0.140. The number of alkyl halides is 3. The van der Waals surface area contributed by atoms with Crippen LogP contribution in [-0.4, -0.2) is 20.4 Å². The van der Waals surface area contributed by atoms with Crippen molar-refractivity contribution in [3.05, 3.63) is 11.1 Å². The van der Waals surface area contributed by atoms with E-state index in [9.17, 15) is 13.2 Å². The highest BCUT2D eigenvalue weighted by Gasteiger charge is 2.40. The van der Waals surface area contributed by atoms with Crippen molar-refractivity contribution < 1.29 is 33.6 Å². The molecule has 4 nitrogen and oxygen atoms in total. The molecule has 0 aliphatic heterocycles. The van der Waals surface area contributed by atoms with Crippen molar-refractivity contribution in [1.82, 2.24) is 0 Å². The van der Waals surface area contributed by atoms with E-state index in [2.05, 4.69) is 0 Å². The van der Waals surface area contributed by atoms with Crippen LogP contribution in [0.15, 0.2) is 0 Å². The summed E-state index contributed by atoms with van der Waals surface area (Å²) in [4.78, 5) is 0. The molecular formula is C10H13F3O4. The van der Waals surface area contributed by atoms with Gasteiger partial charge in [-0.25, -0.2) is 0 Å². The molecule has 0 saturated heterocycles. The van der Waals surface area contributed by atoms with Gasteiger partial charge < -0.3 is 20.4 Å². The molecule has 0 amide bonds. The van der Waals surface area contributed by atoms with E-state index in [1.165, 1.54) is 0 Å². The molecule has 0 spiro atoms. The van der Waals surface area contributed by atoms with Gasteiger partial charge in [-0.15, -0.1) is 0 Å². The minimum atomic E-state index is -5.02. The van der Waals surface area contributed by atoms with Crippen LogP contribution in [-0.2, 0) is 6.18 Å². The Bertz CT molecular complexity index is 384. The molecule has 0 aliphatic carbocycles. The van der Waals surface area contributed by atoms with E-state index in [4.69, 9.17) is 20.4 Å². The summed E-state index contributed by atoms with van der Waals surface area (Å²) in [5.74, 6) is -5.20. The monoisotopic (exact) mass is 254 g/mol. The predicted molar refractivity (Wildman–Crippen MR) is 54.2 cm³/mol. The number of phenolic OH excluding ortho intramolecular Hbond substituents is 4. The first-order valence-corrected chi connectivity index (χ1v) is 4.71. The van der Waals surface area contributed by atoms with Crippen molar-refractivity contribution in [2.24, 2.45) is 0 Å². The maximum atomic E-state index is 12.3. The second kappa shape index (κ2) is 5.03. The number of halogens is 3. The highest BCUT2D eigenvalue weighted by molar-refractivity contribution is 5.64. The van der Waals surface area contributed by atoms with Crippen molar-refractivity contribution in [3.63, 3.8) is 0 Å². The van der Waals surface area contributed by atoms with Crippen molar-refractivity contribution in [1.29, 1.82) is 0 Å². The van der Waals surface area contributed by atoms with Crippen molar-refractivity contribution in [2.75, 3.05) is 0 Å². The standard InChI is InChI=1S/C8H7F3O4.C2H6/c1-2-4(12)3(8(9,10)11)6(14)7(15)5(2)13;1-2/h12-15H,1H3;1-2H3. The third-order valence-electron chi connectivity index (χ3n) is 1.92. The van der Waals surface area contributed by atoms with Crippen LogP contribution in [0.2, 0.25) is 0 Å². The topological polar surface area (TPSA) is 80.9 Å². The summed E-state index contributed by atoms with van der Waals surface area (Å²) in [5, 5.41) is 36.0. The zero-order chi connectivity index (χ0) is 14.0. The molecule has 0 aromatic heterocycles. The minimum Gasteiger partial charge on any atom is -0.507 e. The number of rotatable bonds is 0. The van der Waals surface area contributed by atoms with Crippen LogP contribution in [0.5, 0.6) is 23.0 Å². The Kier molecular flexibility index (Phi) is 4.50. The third-order valence-corrected chi connectivity index (χ3v) is 1.92. The molecular weight excluding hydrogens is 241 g/mol. The minimum absolute atomic E-state index is 0.558. The van der Waals surface area contributed by atoms with Crippen molar-refractivity contribution in [2.45, 2.75) is 26.9 Å². The number of benzene rings is 1. The fraction of sp³-hybridized carbons (Fsp3) is 0.400. The first-order valence-electron chi connectivity index (χ1n) is 4.71. The van der Waals surface area contributed by atoms with Gasteiger partial charge in [0.2, 0.25) is 5.75 Å². The van der Waals surface area contributed by atoms with Gasteiger partial charge in [-0.2, -0.15) is 13.2 Å². The molecule has 0 aliphatic rings. The van der Waals surface area contributed by atoms with Crippen LogP contribution in [0.1, 0.15) is 25.0 Å². The van der Waals surface area contributed by atoms with E-state index < -0.39 is 40.3 Å². The van der Waals surface area contributed by atoms with Gasteiger partial charge >= 0.3 is 6.18 Å². The van der Waals surface area contributed by atoms with Crippen LogP contribution < -0.4 is 0 Å². The first-order chi connectivity index (χ1) is 7.68. The zero-order valence-corrected chi connectivity index (χ0v) is 9.42. The first kappa shape index (κ1) is 15.2. The number of hydrogen-bond acceptors (Lipinski definition) is 4. The lowest BCUT2D eigenvalue weighted by Gasteiger charge is -2.15. The van der Waals surface area contributed by atoms with Gasteiger partial charge in [-0.1, -0.05) is 13.8 Å². The largest absolute Gasteiger partial charge is 0.507 e. The molecule has 0 heterocycles. The van der Waals surface area contributed by atoms with Gasteiger partial charge in [-0.3, -0.25) is 0 Å². The zero-order valence-electron chi connectivity index (χ0n) is 9.42. The van der Waals surface area contributed by atoms with E-state index >= 15 is 0 Å². The molecule has 98 valence electrons. The van der Waals surface area contributed by atoms with Crippen LogP contribution >= 0.6 is 0 Å². The number of aromatic hydroxyl groups is 4. The second-order valence-corrected chi connectivity index (χ2v) is 2.89. The molecule has 0 saturated carbocycles. The quantitative estimate of drug-likeness (QED) is 0.424. The lowest BCUT2D eigenvalue weighted by atomic mass is 10.1. The Morgan fingerprint density at radius 2 is 1.18 bits per heavy atom. The second-order valence-electron chi connectivity index (χ2n) is 2.89. The smallest absolute Gasteiger partial charge is 0.423 e. The highest BCUT2D eigenvalue weighted by Crippen LogP contribution is 2.51. The Labute approximate surface area is 95.6 Å². The third kappa shape index (κ3) is 2.66. The summed E-state index contributed by atoms with van der Waals surface area (Å²) in [6.45, 7) is 4.97. The van der Waals surface area contributed by atoms with Crippen molar-refractivity contribution >= 4 is 0 Å². The van der Waals surface area contributed by atoms with Gasteiger partial charge in [0.25, 0.3) is 0 Å². The molecule has 1 aromatic carbocycles. The molecule has 4 N–H and O–H groups in total. The Morgan fingerprint density at radius 3 is 1.53 bits per heavy atom. The Hall–Kier alpha value is -1.79. The van der Waals surface area contributed by atoms with E-state index in [1.807, 2.05) is 13.8 Å². The van der Waals surface area contributed by atoms with Crippen LogP contribution in [0.4, 0.5) is 13.2 Å². The van der Waals surface area contributed by atoms with Crippen LogP contribution in [0, 0.1) is 6.92 Å². The summed E-state index contributed by atoms with van der Waals surface area (Å²) in [6.07, 6.45) is -5.02.